The molecule has 1 spiro atoms. The number of ether oxygens (including phenoxy) is 4. The van der Waals surface area contributed by atoms with Gasteiger partial charge in [-0.15, -0.1) is 0 Å². The summed E-state index contributed by atoms with van der Waals surface area (Å²) in [6, 6.07) is 30.5. The van der Waals surface area contributed by atoms with Crippen LogP contribution in [0.3, 0.4) is 0 Å². The topological polar surface area (TPSA) is 36.9 Å². The predicted octanol–water partition coefficient (Wildman–Crippen LogP) is 12.1. The Morgan fingerprint density at radius 2 is 1.35 bits per heavy atom. The number of benzene rings is 5. The second kappa shape index (κ2) is 11.6. The molecule has 5 aromatic rings. The Kier molecular flexibility index (Phi) is 7.39. The molecule has 2 heterocycles. The average molecular weight is 695 g/mol. The van der Waals surface area contributed by atoms with Crippen LogP contribution in [0.15, 0.2) is 95.9 Å². The van der Waals surface area contributed by atoms with Gasteiger partial charge >= 0.3 is 0 Å². The molecule has 0 N–H and O–H groups in total. The third kappa shape index (κ3) is 4.73. The van der Waals surface area contributed by atoms with E-state index < -0.39 is 5.60 Å². The summed E-state index contributed by atoms with van der Waals surface area (Å²) in [5.74, 6) is 3.53. The van der Waals surface area contributed by atoms with E-state index >= 15 is 0 Å². The van der Waals surface area contributed by atoms with E-state index in [1.807, 2.05) is 24.3 Å². The maximum absolute atomic E-state index is 7.69. The molecule has 51 heavy (non-hydrogen) atoms. The van der Waals surface area contributed by atoms with Gasteiger partial charge in [0.2, 0.25) is 0 Å². The van der Waals surface area contributed by atoms with Crippen LogP contribution in [0.5, 0.6) is 23.0 Å². The Morgan fingerprint density at radius 1 is 0.725 bits per heavy atom. The minimum absolute atomic E-state index is 0.0835. The normalized spacial score (nSPS) is 19.4. The Bertz CT molecular complexity index is 2150. The molecule has 2 aliphatic heterocycles. The van der Waals surface area contributed by atoms with Crippen LogP contribution in [-0.4, -0.2) is 19.2 Å². The lowest BCUT2D eigenvalue weighted by molar-refractivity contribution is 0.132. The van der Waals surface area contributed by atoms with Gasteiger partial charge < -0.3 is 18.9 Å². The summed E-state index contributed by atoms with van der Waals surface area (Å²) in [5.41, 5.74) is 8.37. The van der Waals surface area contributed by atoms with E-state index in [1.54, 1.807) is 26.0 Å². The highest BCUT2D eigenvalue weighted by atomic mass is 32.2. The maximum atomic E-state index is 7.69. The molecule has 0 atom stereocenters. The van der Waals surface area contributed by atoms with Crippen LogP contribution in [0, 0.1) is 5.41 Å². The van der Waals surface area contributed by atoms with Crippen LogP contribution >= 0.6 is 11.8 Å². The first-order valence-electron chi connectivity index (χ1n) is 18.5. The van der Waals surface area contributed by atoms with Crippen molar-refractivity contribution in [2.45, 2.75) is 87.1 Å². The van der Waals surface area contributed by atoms with E-state index in [0.717, 1.165) is 57.2 Å². The summed E-state index contributed by atoms with van der Waals surface area (Å²) in [7, 11) is 3.42. The highest BCUT2D eigenvalue weighted by Crippen LogP contribution is 2.65. The zero-order valence-corrected chi connectivity index (χ0v) is 31.3. The number of fused-ring (bicyclic) bond motifs is 11. The van der Waals surface area contributed by atoms with Crippen molar-refractivity contribution in [3.63, 3.8) is 0 Å². The number of thioether (sulfide) groups is 1. The van der Waals surface area contributed by atoms with Crippen molar-refractivity contribution in [2.24, 2.45) is 5.41 Å². The molecule has 4 nitrogen and oxygen atoms in total. The summed E-state index contributed by atoms with van der Waals surface area (Å²) >= 11 is 1.78. The van der Waals surface area contributed by atoms with Crippen molar-refractivity contribution < 1.29 is 18.9 Å². The van der Waals surface area contributed by atoms with E-state index in [2.05, 4.69) is 101 Å². The summed E-state index contributed by atoms with van der Waals surface area (Å²) in [4.78, 5) is 0.813. The molecule has 9 rings (SSSR count). The SMILES string of the molecule is CCC1(CC)CCC2(CC1)c1ccccc1-c1c2c2c(c3cc4c(cc13)OC(C)(C)S4)OC(c1ccc(OC)cc1)(c1ccc(OC)cc1)C=C2. The van der Waals surface area contributed by atoms with Gasteiger partial charge in [0.15, 0.2) is 10.5 Å². The molecule has 5 heteroatoms. The third-order valence-corrected chi connectivity index (χ3v) is 13.8. The number of methoxy groups -OCH3 is 2. The monoisotopic (exact) mass is 694 g/mol. The van der Waals surface area contributed by atoms with Gasteiger partial charge in [-0.1, -0.05) is 93.1 Å². The maximum Gasteiger partial charge on any atom is 0.178 e. The molecule has 5 aromatic carbocycles. The Hall–Kier alpha value is -4.35. The van der Waals surface area contributed by atoms with E-state index in [4.69, 9.17) is 18.9 Å². The second-order valence-corrected chi connectivity index (χ2v) is 17.0. The van der Waals surface area contributed by atoms with Crippen LogP contribution in [0.4, 0.5) is 0 Å². The number of hydrogen-bond donors (Lipinski definition) is 0. The lowest BCUT2D eigenvalue weighted by atomic mass is 9.58. The van der Waals surface area contributed by atoms with Crippen LogP contribution in [0.2, 0.25) is 0 Å². The second-order valence-electron chi connectivity index (χ2n) is 15.4. The summed E-state index contributed by atoms with van der Waals surface area (Å²) < 4.78 is 25.5. The standard InChI is InChI=1S/C46H46O4S/c1-7-44(8-2)23-25-45(26-24-44)37-12-10-9-11-33(37)40-35-27-38-39(51-43(3,4)49-38)28-36(35)42-34(41(40)45)21-22-46(50-42,29-13-17-31(47-5)18-14-29)30-15-19-32(48-6)20-16-30/h9-22,27-28H,7-8,23-26H2,1-6H3. The molecule has 4 aliphatic rings. The number of hydrogen-bond acceptors (Lipinski definition) is 5. The lowest BCUT2D eigenvalue weighted by Crippen LogP contribution is -2.38. The van der Waals surface area contributed by atoms with E-state index in [-0.39, 0.29) is 10.3 Å². The van der Waals surface area contributed by atoms with E-state index in [0.29, 0.717) is 5.41 Å². The zero-order valence-electron chi connectivity index (χ0n) is 30.5. The molecule has 0 unspecified atom stereocenters. The van der Waals surface area contributed by atoms with Crippen molar-refractivity contribution in [3.8, 4) is 34.1 Å². The van der Waals surface area contributed by atoms with Crippen molar-refractivity contribution in [3.05, 3.63) is 119 Å². The fourth-order valence-corrected chi connectivity index (χ4v) is 10.8. The molecular weight excluding hydrogens is 649 g/mol. The lowest BCUT2D eigenvalue weighted by Gasteiger charge is -2.47. The molecule has 0 amide bonds. The largest absolute Gasteiger partial charge is 0.497 e. The van der Waals surface area contributed by atoms with Gasteiger partial charge in [0.25, 0.3) is 0 Å². The van der Waals surface area contributed by atoms with Crippen molar-refractivity contribution >= 4 is 28.6 Å². The van der Waals surface area contributed by atoms with E-state index in [1.165, 1.54) is 58.9 Å². The fraction of sp³-hybridized carbons (Fsp3) is 0.348. The van der Waals surface area contributed by atoms with Gasteiger partial charge in [-0.05, 0) is 115 Å². The van der Waals surface area contributed by atoms with Crippen molar-refractivity contribution in [1.29, 1.82) is 0 Å². The zero-order chi connectivity index (χ0) is 35.2. The van der Waals surface area contributed by atoms with Crippen LogP contribution < -0.4 is 18.9 Å². The van der Waals surface area contributed by atoms with Crippen LogP contribution in [0.25, 0.3) is 28.0 Å². The molecule has 0 radical (unpaired) electrons. The molecule has 0 aromatic heterocycles. The third-order valence-electron chi connectivity index (χ3n) is 12.7. The smallest absolute Gasteiger partial charge is 0.178 e. The van der Waals surface area contributed by atoms with Gasteiger partial charge in [0, 0.05) is 27.5 Å². The molecule has 2 aliphatic carbocycles. The van der Waals surface area contributed by atoms with Gasteiger partial charge in [0.1, 0.15) is 23.0 Å². The van der Waals surface area contributed by atoms with Crippen molar-refractivity contribution in [1.82, 2.24) is 0 Å². The van der Waals surface area contributed by atoms with Gasteiger partial charge in [-0.25, -0.2) is 0 Å². The van der Waals surface area contributed by atoms with Crippen molar-refractivity contribution in [2.75, 3.05) is 14.2 Å². The van der Waals surface area contributed by atoms with Gasteiger partial charge in [-0.2, -0.15) is 0 Å². The predicted molar refractivity (Wildman–Crippen MR) is 209 cm³/mol. The number of rotatable bonds is 6. The molecule has 260 valence electrons. The summed E-state index contributed by atoms with van der Waals surface area (Å²) in [6.45, 7) is 9.09. The first-order valence-corrected chi connectivity index (χ1v) is 19.3. The van der Waals surface area contributed by atoms with Crippen LogP contribution in [-0.2, 0) is 11.0 Å². The van der Waals surface area contributed by atoms with Crippen LogP contribution in [0.1, 0.15) is 94.0 Å². The minimum Gasteiger partial charge on any atom is -0.497 e. The molecule has 0 saturated heterocycles. The molecule has 0 bridgehead atoms. The summed E-state index contributed by atoms with van der Waals surface area (Å²) in [5, 5.41) is 2.34. The minimum atomic E-state index is -0.876. The van der Waals surface area contributed by atoms with Gasteiger partial charge in [-0.3, -0.25) is 0 Å². The summed E-state index contributed by atoms with van der Waals surface area (Å²) in [6.07, 6.45) is 11.9. The molecular formula is C46H46O4S. The quantitative estimate of drug-likeness (QED) is 0.177. The van der Waals surface area contributed by atoms with Gasteiger partial charge in [0.05, 0.1) is 19.1 Å². The highest BCUT2D eigenvalue weighted by Gasteiger charge is 2.52. The highest BCUT2D eigenvalue weighted by molar-refractivity contribution is 8.00. The Morgan fingerprint density at radius 3 is 1.96 bits per heavy atom. The molecule has 1 fully saturated rings. The fourth-order valence-electron chi connectivity index (χ4n) is 9.72. The molecule has 1 saturated carbocycles. The Balaban J connectivity index is 1.34. The first-order chi connectivity index (χ1) is 24.7. The van der Waals surface area contributed by atoms with E-state index in [9.17, 15) is 0 Å². The Labute approximate surface area is 306 Å². The average Bonchev–Trinajstić information content (AvgIpc) is 3.64. The first kappa shape index (κ1) is 32.6.